The minimum atomic E-state index is -0.631. The van der Waals surface area contributed by atoms with Crippen LogP contribution in [0, 0.1) is 0 Å². The lowest BCUT2D eigenvalue weighted by Gasteiger charge is -2.15. The Morgan fingerprint density at radius 3 is 2.43 bits per heavy atom. The van der Waals surface area contributed by atoms with Gasteiger partial charge >= 0.3 is 0 Å². The first-order chi connectivity index (χ1) is 11.1. The Balaban J connectivity index is 1.93. The van der Waals surface area contributed by atoms with Crippen molar-refractivity contribution in [3.8, 4) is 17.2 Å². The molecule has 2 aromatic rings. The molecule has 0 aliphatic carbocycles. The zero-order valence-electron chi connectivity index (χ0n) is 13.5. The summed E-state index contributed by atoms with van der Waals surface area (Å²) in [5, 5.41) is 2.81. The molecule has 0 aliphatic rings. The second-order valence-electron chi connectivity index (χ2n) is 4.89. The third kappa shape index (κ3) is 4.92. The molecule has 23 heavy (non-hydrogen) atoms. The lowest BCUT2D eigenvalue weighted by molar-refractivity contribution is -0.122. The number of carbonyl (C=O) groups is 1. The van der Waals surface area contributed by atoms with Crippen molar-refractivity contribution in [2.75, 3.05) is 19.0 Å². The van der Waals surface area contributed by atoms with E-state index in [2.05, 4.69) is 5.32 Å². The molecule has 0 saturated carbocycles. The highest BCUT2D eigenvalue weighted by molar-refractivity contribution is 5.94. The Kier molecular flexibility index (Phi) is 5.86. The molecule has 122 valence electrons. The Hall–Kier alpha value is -2.69. The van der Waals surface area contributed by atoms with Crippen LogP contribution < -0.4 is 19.5 Å². The molecular formula is C18H21NO4. The minimum Gasteiger partial charge on any atom is -0.497 e. The van der Waals surface area contributed by atoms with E-state index in [-0.39, 0.29) is 5.91 Å². The second kappa shape index (κ2) is 8.08. The SMILES string of the molecule is CCOc1ccc(NC(=O)[C@H](C)Oc2cccc(OC)c2)cc1. The highest BCUT2D eigenvalue weighted by atomic mass is 16.5. The summed E-state index contributed by atoms with van der Waals surface area (Å²) in [5.74, 6) is 1.81. The van der Waals surface area contributed by atoms with Crippen LogP contribution in [-0.2, 0) is 4.79 Å². The average molecular weight is 315 g/mol. The van der Waals surface area contributed by atoms with Crippen LogP contribution in [0.2, 0.25) is 0 Å². The van der Waals surface area contributed by atoms with Gasteiger partial charge in [-0.1, -0.05) is 6.07 Å². The summed E-state index contributed by atoms with van der Waals surface area (Å²) in [6.45, 7) is 4.23. The standard InChI is InChI=1S/C18H21NO4/c1-4-22-15-10-8-14(9-11-15)19-18(20)13(2)23-17-7-5-6-16(12-17)21-3/h5-13H,4H2,1-3H3,(H,19,20)/t13-/m0/s1. The molecular weight excluding hydrogens is 294 g/mol. The number of anilines is 1. The number of methoxy groups -OCH3 is 1. The van der Waals surface area contributed by atoms with E-state index < -0.39 is 6.10 Å². The molecule has 1 atom stereocenters. The van der Waals surface area contributed by atoms with Gasteiger partial charge in [0.25, 0.3) is 5.91 Å². The van der Waals surface area contributed by atoms with Gasteiger partial charge in [0, 0.05) is 11.8 Å². The zero-order chi connectivity index (χ0) is 16.7. The third-order valence-corrected chi connectivity index (χ3v) is 3.16. The number of nitrogens with one attached hydrogen (secondary N) is 1. The molecule has 0 heterocycles. The lowest BCUT2D eigenvalue weighted by Crippen LogP contribution is -2.30. The number of carbonyl (C=O) groups excluding carboxylic acids is 1. The van der Waals surface area contributed by atoms with Crippen LogP contribution >= 0.6 is 0 Å². The predicted molar refractivity (Wildman–Crippen MR) is 89.3 cm³/mol. The maximum Gasteiger partial charge on any atom is 0.265 e. The van der Waals surface area contributed by atoms with Crippen LogP contribution in [0.1, 0.15) is 13.8 Å². The highest BCUT2D eigenvalue weighted by Gasteiger charge is 2.15. The maximum absolute atomic E-state index is 12.2. The quantitative estimate of drug-likeness (QED) is 0.849. The molecule has 2 rings (SSSR count). The number of hydrogen-bond donors (Lipinski definition) is 1. The summed E-state index contributed by atoms with van der Waals surface area (Å²) >= 11 is 0. The van der Waals surface area contributed by atoms with Crippen molar-refractivity contribution in [3.05, 3.63) is 48.5 Å². The fourth-order valence-corrected chi connectivity index (χ4v) is 1.98. The molecule has 0 aliphatic heterocycles. The number of hydrogen-bond acceptors (Lipinski definition) is 4. The van der Waals surface area contributed by atoms with Crippen molar-refractivity contribution in [1.29, 1.82) is 0 Å². The van der Waals surface area contributed by atoms with Gasteiger partial charge in [-0.05, 0) is 50.2 Å². The topological polar surface area (TPSA) is 56.8 Å². The van der Waals surface area contributed by atoms with Crippen LogP contribution in [0.4, 0.5) is 5.69 Å². The lowest BCUT2D eigenvalue weighted by atomic mass is 10.2. The average Bonchev–Trinajstić information content (AvgIpc) is 2.57. The van der Waals surface area contributed by atoms with Crippen LogP contribution in [0.25, 0.3) is 0 Å². The summed E-state index contributed by atoms with van der Waals surface area (Å²) in [4.78, 5) is 12.2. The first-order valence-electron chi connectivity index (χ1n) is 7.46. The molecule has 1 amide bonds. The number of rotatable bonds is 7. The number of ether oxygens (including phenoxy) is 3. The van der Waals surface area contributed by atoms with E-state index >= 15 is 0 Å². The Morgan fingerprint density at radius 2 is 1.78 bits per heavy atom. The van der Waals surface area contributed by atoms with Gasteiger partial charge in [-0.15, -0.1) is 0 Å². The van der Waals surface area contributed by atoms with Crippen LogP contribution in [0.3, 0.4) is 0 Å². The van der Waals surface area contributed by atoms with Crippen molar-refractivity contribution >= 4 is 11.6 Å². The third-order valence-electron chi connectivity index (χ3n) is 3.16. The van der Waals surface area contributed by atoms with E-state index in [1.807, 2.05) is 31.2 Å². The monoisotopic (exact) mass is 315 g/mol. The van der Waals surface area contributed by atoms with Gasteiger partial charge in [-0.25, -0.2) is 0 Å². The summed E-state index contributed by atoms with van der Waals surface area (Å²) < 4.78 is 16.1. The van der Waals surface area contributed by atoms with E-state index in [0.29, 0.717) is 23.8 Å². The van der Waals surface area contributed by atoms with Crippen molar-refractivity contribution in [2.24, 2.45) is 0 Å². The Labute approximate surface area is 136 Å². The van der Waals surface area contributed by atoms with E-state index in [4.69, 9.17) is 14.2 Å². The van der Waals surface area contributed by atoms with Gasteiger partial charge in [-0.2, -0.15) is 0 Å². The summed E-state index contributed by atoms with van der Waals surface area (Å²) in [6, 6.07) is 14.4. The fraction of sp³-hybridized carbons (Fsp3) is 0.278. The summed E-state index contributed by atoms with van der Waals surface area (Å²) in [6.07, 6.45) is -0.631. The van der Waals surface area contributed by atoms with E-state index in [0.717, 1.165) is 5.75 Å². The van der Waals surface area contributed by atoms with Crippen molar-refractivity contribution < 1.29 is 19.0 Å². The van der Waals surface area contributed by atoms with E-state index in [9.17, 15) is 4.79 Å². The zero-order valence-corrected chi connectivity index (χ0v) is 13.5. The minimum absolute atomic E-state index is 0.225. The highest BCUT2D eigenvalue weighted by Crippen LogP contribution is 2.21. The first kappa shape index (κ1) is 16.7. The van der Waals surface area contributed by atoms with Gasteiger partial charge in [0.05, 0.1) is 13.7 Å². The van der Waals surface area contributed by atoms with Gasteiger partial charge in [0.2, 0.25) is 0 Å². The summed E-state index contributed by atoms with van der Waals surface area (Å²) in [5.41, 5.74) is 0.694. The predicted octanol–water partition coefficient (Wildman–Crippen LogP) is 3.50. The van der Waals surface area contributed by atoms with Crippen LogP contribution in [0.15, 0.2) is 48.5 Å². The molecule has 1 N–H and O–H groups in total. The fourth-order valence-electron chi connectivity index (χ4n) is 1.98. The molecule has 2 aromatic carbocycles. The van der Waals surface area contributed by atoms with E-state index in [1.165, 1.54) is 0 Å². The van der Waals surface area contributed by atoms with E-state index in [1.54, 1.807) is 38.3 Å². The molecule has 0 saturated heterocycles. The molecule has 0 aromatic heterocycles. The molecule has 0 bridgehead atoms. The molecule has 0 fully saturated rings. The van der Waals surface area contributed by atoms with Gasteiger partial charge in [0.15, 0.2) is 6.10 Å². The van der Waals surface area contributed by atoms with Crippen molar-refractivity contribution in [3.63, 3.8) is 0 Å². The van der Waals surface area contributed by atoms with Crippen LogP contribution in [-0.4, -0.2) is 25.7 Å². The molecule has 0 spiro atoms. The maximum atomic E-state index is 12.2. The largest absolute Gasteiger partial charge is 0.497 e. The van der Waals surface area contributed by atoms with Crippen molar-refractivity contribution in [1.82, 2.24) is 0 Å². The summed E-state index contributed by atoms with van der Waals surface area (Å²) in [7, 11) is 1.58. The number of benzene rings is 2. The van der Waals surface area contributed by atoms with Gasteiger partial charge in [0.1, 0.15) is 17.2 Å². The van der Waals surface area contributed by atoms with Crippen LogP contribution in [0.5, 0.6) is 17.2 Å². The normalized spacial score (nSPS) is 11.4. The smallest absolute Gasteiger partial charge is 0.265 e. The van der Waals surface area contributed by atoms with Crippen molar-refractivity contribution in [2.45, 2.75) is 20.0 Å². The molecule has 0 radical (unpaired) electrons. The van der Waals surface area contributed by atoms with Gasteiger partial charge < -0.3 is 19.5 Å². The Bertz CT molecular complexity index is 640. The Morgan fingerprint density at radius 1 is 1.09 bits per heavy atom. The molecule has 5 heteroatoms. The molecule has 0 unspecified atom stereocenters. The van der Waals surface area contributed by atoms with Gasteiger partial charge in [-0.3, -0.25) is 4.79 Å². The second-order valence-corrected chi connectivity index (χ2v) is 4.89. The number of amides is 1. The molecule has 5 nitrogen and oxygen atoms in total. The first-order valence-corrected chi connectivity index (χ1v) is 7.46.